The molecule has 29 heavy (non-hydrogen) atoms. The molecule has 0 N–H and O–H groups in total. The Kier molecular flexibility index (Phi) is 5.87. The first-order chi connectivity index (χ1) is 14.0. The molecular formula is C21H27ClN6O. The number of nitrogens with zero attached hydrogens (tertiary/aromatic N) is 6. The predicted octanol–water partition coefficient (Wildman–Crippen LogP) is 2.15. The summed E-state index contributed by atoms with van der Waals surface area (Å²) in [6.45, 7) is 8.74. The second-order valence-corrected chi connectivity index (χ2v) is 8.12. The molecular weight excluding hydrogens is 388 g/mol. The standard InChI is InChI=1S/C21H27ClN6O/c1-16-15-19(26-9-7-25(2)8-10-26)24-21(23-16)28-13-11-27(12-14-28)20(29)17-5-3-4-6-18(17)22/h3-6,15H,7-14H2,1-2H3. The number of aryl methyl sites for hydroxylation is 1. The minimum Gasteiger partial charge on any atom is -0.354 e. The van der Waals surface area contributed by atoms with E-state index in [1.54, 1.807) is 12.1 Å². The maximum absolute atomic E-state index is 12.8. The Hall–Kier alpha value is -2.38. The molecule has 2 fully saturated rings. The zero-order valence-corrected chi connectivity index (χ0v) is 17.8. The largest absolute Gasteiger partial charge is 0.354 e. The van der Waals surface area contributed by atoms with Crippen LogP contribution in [0.4, 0.5) is 11.8 Å². The van der Waals surface area contributed by atoms with E-state index in [0.717, 1.165) is 43.6 Å². The number of aromatic nitrogens is 2. The molecule has 1 aromatic carbocycles. The maximum Gasteiger partial charge on any atom is 0.255 e. The highest BCUT2D eigenvalue weighted by molar-refractivity contribution is 6.33. The minimum absolute atomic E-state index is 0.0152. The van der Waals surface area contributed by atoms with Crippen molar-refractivity contribution in [2.24, 2.45) is 0 Å². The third-order valence-corrected chi connectivity index (χ3v) is 5.94. The fourth-order valence-electron chi connectivity index (χ4n) is 3.79. The summed E-state index contributed by atoms with van der Waals surface area (Å²) in [4.78, 5) is 31.0. The van der Waals surface area contributed by atoms with Crippen LogP contribution in [0.15, 0.2) is 30.3 Å². The third-order valence-electron chi connectivity index (χ3n) is 5.61. The minimum atomic E-state index is -0.0152. The van der Waals surface area contributed by atoms with Crippen molar-refractivity contribution in [2.45, 2.75) is 6.92 Å². The van der Waals surface area contributed by atoms with Crippen LogP contribution in [0.25, 0.3) is 0 Å². The van der Waals surface area contributed by atoms with E-state index in [2.05, 4.69) is 32.8 Å². The van der Waals surface area contributed by atoms with Gasteiger partial charge in [0, 0.05) is 64.1 Å². The van der Waals surface area contributed by atoms with E-state index in [1.807, 2.05) is 24.0 Å². The van der Waals surface area contributed by atoms with E-state index in [1.165, 1.54) is 0 Å². The first kappa shape index (κ1) is 19.9. The molecule has 7 nitrogen and oxygen atoms in total. The Bertz CT molecular complexity index is 875. The molecule has 0 unspecified atom stereocenters. The van der Waals surface area contributed by atoms with E-state index in [0.29, 0.717) is 36.8 Å². The lowest BCUT2D eigenvalue weighted by molar-refractivity contribution is 0.0746. The van der Waals surface area contributed by atoms with Crippen molar-refractivity contribution in [3.63, 3.8) is 0 Å². The van der Waals surface area contributed by atoms with Gasteiger partial charge in [0.2, 0.25) is 5.95 Å². The van der Waals surface area contributed by atoms with E-state index in [4.69, 9.17) is 16.6 Å². The molecule has 0 saturated carbocycles. The Balaban J connectivity index is 1.43. The second-order valence-electron chi connectivity index (χ2n) is 7.72. The Morgan fingerprint density at radius 1 is 0.931 bits per heavy atom. The molecule has 154 valence electrons. The number of hydrogen-bond donors (Lipinski definition) is 0. The molecule has 0 atom stereocenters. The van der Waals surface area contributed by atoms with Gasteiger partial charge in [-0.3, -0.25) is 4.79 Å². The number of carbonyl (C=O) groups excluding carboxylic acids is 1. The third kappa shape index (κ3) is 4.46. The summed E-state index contributed by atoms with van der Waals surface area (Å²) in [5.74, 6) is 1.73. The fraction of sp³-hybridized carbons (Fsp3) is 0.476. The van der Waals surface area contributed by atoms with Crippen LogP contribution < -0.4 is 9.80 Å². The van der Waals surface area contributed by atoms with Crippen molar-refractivity contribution in [3.05, 3.63) is 46.6 Å². The van der Waals surface area contributed by atoms with Crippen LogP contribution in [-0.2, 0) is 0 Å². The van der Waals surface area contributed by atoms with Gasteiger partial charge in [-0.25, -0.2) is 4.98 Å². The molecule has 0 bridgehead atoms. The lowest BCUT2D eigenvalue weighted by atomic mass is 10.2. The molecule has 2 saturated heterocycles. The Morgan fingerprint density at radius 3 is 2.28 bits per heavy atom. The number of piperazine rings is 2. The van der Waals surface area contributed by atoms with Crippen LogP contribution in [0, 0.1) is 6.92 Å². The highest BCUT2D eigenvalue weighted by Crippen LogP contribution is 2.22. The first-order valence-electron chi connectivity index (χ1n) is 10.1. The predicted molar refractivity (Wildman–Crippen MR) is 116 cm³/mol. The zero-order valence-electron chi connectivity index (χ0n) is 17.0. The number of hydrogen-bond acceptors (Lipinski definition) is 6. The average molecular weight is 415 g/mol. The maximum atomic E-state index is 12.8. The topological polar surface area (TPSA) is 55.8 Å². The quantitative estimate of drug-likeness (QED) is 0.767. The van der Waals surface area contributed by atoms with Crippen molar-refractivity contribution >= 4 is 29.3 Å². The molecule has 3 heterocycles. The highest BCUT2D eigenvalue weighted by atomic mass is 35.5. The number of rotatable bonds is 3. The Morgan fingerprint density at radius 2 is 1.59 bits per heavy atom. The normalized spacial score (nSPS) is 18.2. The Labute approximate surface area is 176 Å². The van der Waals surface area contributed by atoms with Gasteiger partial charge >= 0.3 is 0 Å². The van der Waals surface area contributed by atoms with E-state index >= 15 is 0 Å². The van der Waals surface area contributed by atoms with Gasteiger partial charge in [-0.15, -0.1) is 0 Å². The molecule has 1 amide bonds. The SMILES string of the molecule is Cc1cc(N2CCN(C)CC2)nc(N2CCN(C(=O)c3ccccc3Cl)CC2)n1. The monoisotopic (exact) mass is 414 g/mol. The summed E-state index contributed by atoms with van der Waals surface area (Å²) >= 11 is 6.19. The van der Waals surface area contributed by atoms with Crippen molar-refractivity contribution in [3.8, 4) is 0 Å². The first-order valence-corrected chi connectivity index (χ1v) is 10.5. The molecule has 4 rings (SSSR count). The summed E-state index contributed by atoms with van der Waals surface area (Å²) in [5, 5.41) is 0.499. The van der Waals surface area contributed by atoms with E-state index in [9.17, 15) is 4.79 Å². The second kappa shape index (κ2) is 8.55. The van der Waals surface area contributed by atoms with Crippen LogP contribution in [0.1, 0.15) is 16.1 Å². The lowest BCUT2D eigenvalue weighted by Gasteiger charge is -2.36. The highest BCUT2D eigenvalue weighted by Gasteiger charge is 2.25. The van der Waals surface area contributed by atoms with Gasteiger partial charge in [-0.1, -0.05) is 23.7 Å². The van der Waals surface area contributed by atoms with Crippen LogP contribution in [-0.4, -0.2) is 85.1 Å². The van der Waals surface area contributed by atoms with Gasteiger partial charge < -0.3 is 19.6 Å². The van der Waals surface area contributed by atoms with Crippen molar-refractivity contribution in [1.82, 2.24) is 19.8 Å². The van der Waals surface area contributed by atoms with Crippen molar-refractivity contribution in [1.29, 1.82) is 0 Å². The van der Waals surface area contributed by atoms with Crippen LogP contribution in [0.2, 0.25) is 5.02 Å². The molecule has 0 radical (unpaired) electrons. The number of carbonyl (C=O) groups is 1. The van der Waals surface area contributed by atoms with Crippen LogP contribution in [0.5, 0.6) is 0 Å². The molecule has 8 heteroatoms. The molecule has 2 aliphatic rings. The molecule has 0 spiro atoms. The zero-order chi connectivity index (χ0) is 20.4. The molecule has 2 aliphatic heterocycles. The van der Waals surface area contributed by atoms with Crippen molar-refractivity contribution in [2.75, 3.05) is 69.2 Å². The van der Waals surface area contributed by atoms with E-state index < -0.39 is 0 Å². The van der Waals surface area contributed by atoms with Gasteiger partial charge in [0.05, 0.1) is 10.6 Å². The van der Waals surface area contributed by atoms with Gasteiger partial charge in [0.15, 0.2) is 0 Å². The summed E-state index contributed by atoms with van der Waals surface area (Å²) in [6.07, 6.45) is 0. The smallest absolute Gasteiger partial charge is 0.255 e. The fourth-order valence-corrected chi connectivity index (χ4v) is 4.01. The lowest BCUT2D eigenvalue weighted by Crippen LogP contribution is -2.49. The molecule has 1 aromatic heterocycles. The number of halogens is 1. The van der Waals surface area contributed by atoms with Gasteiger partial charge in [0.1, 0.15) is 5.82 Å². The number of benzene rings is 1. The number of anilines is 2. The summed E-state index contributed by atoms with van der Waals surface area (Å²) in [5.41, 5.74) is 1.53. The number of amides is 1. The summed E-state index contributed by atoms with van der Waals surface area (Å²) < 4.78 is 0. The molecule has 2 aromatic rings. The van der Waals surface area contributed by atoms with Gasteiger partial charge in [0.25, 0.3) is 5.91 Å². The van der Waals surface area contributed by atoms with Crippen LogP contribution in [0.3, 0.4) is 0 Å². The van der Waals surface area contributed by atoms with Gasteiger partial charge in [-0.2, -0.15) is 4.98 Å². The van der Waals surface area contributed by atoms with Crippen LogP contribution >= 0.6 is 11.6 Å². The number of likely N-dealkylation sites (N-methyl/N-ethyl adjacent to an activating group) is 1. The van der Waals surface area contributed by atoms with E-state index in [-0.39, 0.29) is 5.91 Å². The summed E-state index contributed by atoms with van der Waals surface area (Å²) in [7, 11) is 2.15. The average Bonchev–Trinajstić information content (AvgIpc) is 2.74. The molecule has 0 aliphatic carbocycles. The van der Waals surface area contributed by atoms with Crippen molar-refractivity contribution < 1.29 is 4.79 Å². The van der Waals surface area contributed by atoms with Gasteiger partial charge in [-0.05, 0) is 26.1 Å². The summed E-state index contributed by atoms with van der Waals surface area (Å²) in [6, 6.07) is 9.28.